The first-order valence-corrected chi connectivity index (χ1v) is 10.9. The number of benzene rings is 2. The minimum absolute atomic E-state index is 0.0920. The topological polar surface area (TPSA) is 84.0 Å². The molecule has 2 heterocycles. The van der Waals surface area contributed by atoms with Crippen LogP contribution in [0.5, 0.6) is 0 Å². The first-order chi connectivity index (χ1) is 15.3. The number of nitrogens with zero attached hydrogens (tertiary/aromatic N) is 2. The van der Waals surface area contributed by atoms with Crippen LogP contribution in [-0.4, -0.2) is 48.3 Å². The van der Waals surface area contributed by atoms with Gasteiger partial charge >= 0.3 is 5.97 Å². The Balaban J connectivity index is 1.47. The van der Waals surface area contributed by atoms with Crippen molar-refractivity contribution < 1.29 is 23.9 Å². The van der Waals surface area contributed by atoms with Crippen LogP contribution in [0.3, 0.4) is 0 Å². The summed E-state index contributed by atoms with van der Waals surface area (Å²) in [6, 6.07) is 10.7. The SMILES string of the molecule is CC1CC(C)CN(C(=O)COC(=O)c2ccc3c(c2)C(=O)N(c2ccccc2Cl)C3=O)C1. The molecule has 2 aliphatic rings. The van der Waals surface area contributed by atoms with Crippen molar-refractivity contribution in [3.05, 3.63) is 64.2 Å². The largest absolute Gasteiger partial charge is 0.452 e. The molecule has 3 amide bonds. The predicted molar refractivity (Wildman–Crippen MR) is 119 cm³/mol. The number of amides is 3. The van der Waals surface area contributed by atoms with Gasteiger partial charge in [0.15, 0.2) is 6.61 Å². The van der Waals surface area contributed by atoms with Crippen LogP contribution >= 0.6 is 11.6 Å². The van der Waals surface area contributed by atoms with Gasteiger partial charge in [-0.15, -0.1) is 0 Å². The maximum Gasteiger partial charge on any atom is 0.338 e. The van der Waals surface area contributed by atoms with Gasteiger partial charge in [0.1, 0.15) is 0 Å². The van der Waals surface area contributed by atoms with Crippen molar-refractivity contribution in [2.75, 3.05) is 24.6 Å². The molecule has 0 aliphatic carbocycles. The Bertz CT molecular complexity index is 1110. The Kier molecular flexibility index (Phi) is 6.02. The normalized spacial score (nSPS) is 20.3. The molecule has 1 saturated heterocycles. The number of carbonyl (C=O) groups is 4. The van der Waals surface area contributed by atoms with E-state index in [4.69, 9.17) is 16.3 Å². The molecule has 0 radical (unpaired) electrons. The third-order valence-corrected chi connectivity index (χ3v) is 6.08. The van der Waals surface area contributed by atoms with Gasteiger partial charge in [-0.2, -0.15) is 0 Å². The number of hydrogen-bond acceptors (Lipinski definition) is 5. The minimum atomic E-state index is -0.726. The molecule has 166 valence electrons. The Hall–Kier alpha value is -3.19. The van der Waals surface area contributed by atoms with Crippen LogP contribution in [0.1, 0.15) is 51.3 Å². The van der Waals surface area contributed by atoms with Gasteiger partial charge in [-0.3, -0.25) is 14.4 Å². The molecule has 32 heavy (non-hydrogen) atoms. The lowest BCUT2D eigenvalue weighted by Gasteiger charge is -2.34. The Morgan fingerprint density at radius 3 is 2.34 bits per heavy atom. The highest BCUT2D eigenvalue weighted by Crippen LogP contribution is 2.33. The lowest BCUT2D eigenvalue weighted by atomic mass is 9.92. The Morgan fingerprint density at radius 1 is 1.00 bits per heavy atom. The second-order valence-corrected chi connectivity index (χ2v) is 8.89. The molecule has 2 unspecified atom stereocenters. The zero-order chi connectivity index (χ0) is 23.0. The van der Waals surface area contributed by atoms with Gasteiger partial charge in [0, 0.05) is 13.1 Å². The summed E-state index contributed by atoms with van der Waals surface area (Å²) in [7, 11) is 0. The second-order valence-electron chi connectivity index (χ2n) is 8.48. The molecule has 2 aromatic carbocycles. The number of hydrogen-bond donors (Lipinski definition) is 0. The lowest BCUT2D eigenvalue weighted by molar-refractivity contribution is -0.137. The molecule has 0 N–H and O–H groups in total. The first-order valence-electron chi connectivity index (χ1n) is 10.5. The number of likely N-dealkylation sites (tertiary alicyclic amines) is 1. The highest BCUT2D eigenvalue weighted by atomic mass is 35.5. The number of fused-ring (bicyclic) bond motifs is 1. The lowest BCUT2D eigenvalue weighted by Crippen LogP contribution is -2.44. The number of anilines is 1. The number of halogens is 1. The molecule has 2 aliphatic heterocycles. The van der Waals surface area contributed by atoms with E-state index >= 15 is 0 Å². The molecule has 0 bridgehead atoms. The fourth-order valence-corrected chi connectivity index (χ4v) is 4.61. The molecule has 4 rings (SSSR count). The molecule has 7 nitrogen and oxygen atoms in total. The molecule has 8 heteroatoms. The van der Waals surface area contributed by atoms with E-state index < -0.39 is 17.8 Å². The molecule has 0 aromatic heterocycles. The highest BCUT2D eigenvalue weighted by molar-refractivity contribution is 6.39. The van der Waals surface area contributed by atoms with Gasteiger partial charge in [-0.05, 0) is 48.6 Å². The van der Waals surface area contributed by atoms with Crippen molar-refractivity contribution in [3.8, 4) is 0 Å². The van der Waals surface area contributed by atoms with Crippen molar-refractivity contribution in [2.45, 2.75) is 20.3 Å². The zero-order valence-electron chi connectivity index (χ0n) is 17.8. The Labute approximate surface area is 190 Å². The van der Waals surface area contributed by atoms with Gasteiger partial charge < -0.3 is 9.64 Å². The van der Waals surface area contributed by atoms with Crippen LogP contribution < -0.4 is 4.90 Å². The number of para-hydroxylation sites is 1. The van der Waals surface area contributed by atoms with Crippen molar-refractivity contribution in [2.24, 2.45) is 11.8 Å². The van der Waals surface area contributed by atoms with Crippen LogP contribution in [0.25, 0.3) is 0 Å². The number of esters is 1. The van der Waals surface area contributed by atoms with Gasteiger partial charge in [0.25, 0.3) is 17.7 Å². The van der Waals surface area contributed by atoms with E-state index in [1.807, 2.05) is 0 Å². The monoisotopic (exact) mass is 454 g/mol. The maximum absolute atomic E-state index is 12.9. The summed E-state index contributed by atoms with van der Waals surface area (Å²) in [6.45, 7) is 5.11. The van der Waals surface area contributed by atoms with E-state index in [-0.39, 0.29) is 39.9 Å². The molecule has 2 atom stereocenters. The van der Waals surface area contributed by atoms with Crippen LogP contribution in [-0.2, 0) is 9.53 Å². The van der Waals surface area contributed by atoms with Crippen LogP contribution in [0, 0.1) is 11.8 Å². The van der Waals surface area contributed by atoms with Crippen molar-refractivity contribution in [3.63, 3.8) is 0 Å². The average Bonchev–Trinajstić information content (AvgIpc) is 3.01. The number of piperidine rings is 1. The summed E-state index contributed by atoms with van der Waals surface area (Å²) < 4.78 is 5.20. The van der Waals surface area contributed by atoms with Gasteiger partial charge in [0.05, 0.1) is 27.4 Å². The first kappa shape index (κ1) is 22.0. The third kappa shape index (κ3) is 4.12. The summed E-state index contributed by atoms with van der Waals surface area (Å²) in [6.07, 6.45) is 1.07. The summed E-state index contributed by atoms with van der Waals surface area (Å²) in [4.78, 5) is 53.4. The van der Waals surface area contributed by atoms with E-state index in [1.54, 1.807) is 29.2 Å². The molecule has 0 spiro atoms. The van der Waals surface area contributed by atoms with E-state index in [0.29, 0.717) is 24.9 Å². The van der Waals surface area contributed by atoms with Crippen molar-refractivity contribution >= 4 is 41.0 Å². The third-order valence-electron chi connectivity index (χ3n) is 5.76. The van der Waals surface area contributed by atoms with E-state index in [2.05, 4.69) is 13.8 Å². The minimum Gasteiger partial charge on any atom is -0.452 e. The number of imide groups is 1. The molecule has 0 saturated carbocycles. The van der Waals surface area contributed by atoms with Gasteiger partial charge in [-0.1, -0.05) is 37.6 Å². The maximum atomic E-state index is 12.9. The van der Waals surface area contributed by atoms with E-state index in [0.717, 1.165) is 11.3 Å². The summed E-state index contributed by atoms with van der Waals surface area (Å²) >= 11 is 6.16. The molecule has 1 fully saturated rings. The molecular formula is C24H23ClN2O5. The van der Waals surface area contributed by atoms with Crippen LogP contribution in [0.4, 0.5) is 5.69 Å². The van der Waals surface area contributed by atoms with Crippen LogP contribution in [0.2, 0.25) is 5.02 Å². The van der Waals surface area contributed by atoms with Crippen molar-refractivity contribution in [1.82, 2.24) is 4.90 Å². The summed E-state index contributed by atoms with van der Waals surface area (Å²) in [5.74, 6) is -1.24. The van der Waals surface area contributed by atoms with Crippen LogP contribution in [0.15, 0.2) is 42.5 Å². The predicted octanol–water partition coefficient (Wildman–Crippen LogP) is 3.80. The number of carbonyl (C=O) groups excluding carboxylic acids is 4. The van der Waals surface area contributed by atoms with Gasteiger partial charge in [0.2, 0.25) is 0 Å². The fraction of sp³-hybridized carbons (Fsp3) is 0.333. The van der Waals surface area contributed by atoms with E-state index in [1.165, 1.54) is 18.2 Å². The Morgan fingerprint density at radius 2 is 1.66 bits per heavy atom. The molecular weight excluding hydrogens is 432 g/mol. The van der Waals surface area contributed by atoms with Crippen molar-refractivity contribution in [1.29, 1.82) is 0 Å². The van der Waals surface area contributed by atoms with Gasteiger partial charge in [-0.25, -0.2) is 9.69 Å². The van der Waals surface area contributed by atoms with E-state index in [9.17, 15) is 19.2 Å². The number of ether oxygens (including phenoxy) is 1. The smallest absolute Gasteiger partial charge is 0.338 e. The highest BCUT2D eigenvalue weighted by Gasteiger charge is 2.38. The molecule has 2 aromatic rings. The quantitative estimate of drug-likeness (QED) is 0.518. The summed E-state index contributed by atoms with van der Waals surface area (Å²) in [5.41, 5.74) is 0.646. The summed E-state index contributed by atoms with van der Waals surface area (Å²) in [5, 5.41) is 0.265. The second kappa shape index (κ2) is 8.74. The average molecular weight is 455 g/mol. The fourth-order valence-electron chi connectivity index (χ4n) is 4.39. The number of rotatable bonds is 4. The zero-order valence-corrected chi connectivity index (χ0v) is 18.6. The standard InChI is InChI=1S/C24H23ClN2O5/c1-14-9-15(2)12-26(11-14)21(28)13-32-24(31)16-7-8-17-18(10-16)23(30)27(22(17)29)20-6-4-3-5-19(20)25/h3-8,10,14-15H,9,11-13H2,1-2H3.